The maximum atomic E-state index is 12.8. The Bertz CT molecular complexity index is 702. The minimum atomic E-state index is -0.389. The third-order valence-corrected chi connectivity index (χ3v) is 5.77. The summed E-state index contributed by atoms with van der Waals surface area (Å²) in [6.07, 6.45) is 7.02. The Kier molecular flexibility index (Phi) is 4.61. The Morgan fingerprint density at radius 1 is 0.885 bits per heavy atom. The van der Waals surface area contributed by atoms with E-state index < -0.39 is 0 Å². The van der Waals surface area contributed by atoms with Crippen molar-refractivity contribution in [1.29, 1.82) is 0 Å². The SMILES string of the molecule is O=C(C(=O)N1C[C@@H]2CC[C@H]1CN(C(=O)c1ccncc1)C2)N1CCCC1. The number of carbonyl (C=O) groups excluding carboxylic acids is 3. The maximum absolute atomic E-state index is 12.8. The Morgan fingerprint density at radius 3 is 2.35 bits per heavy atom. The number of aromatic nitrogens is 1. The highest BCUT2D eigenvalue weighted by atomic mass is 16.2. The Labute approximate surface area is 153 Å². The molecule has 1 aromatic heterocycles. The third-order valence-electron chi connectivity index (χ3n) is 5.77. The van der Waals surface area contributed by atoms with Crippen molar-refractivity contribution in [2.75, 3.05) is 32.7 Å². The van der Waals surface area contributed by atoms with Crippen molar-refractivity contribution in [2.24, 2.45) is 5.92 Å². The average Bonchev–Trinajstić information content (AvgIpc) is 3.07. The van der Waals surface area contributed by atoms with Crippen molar-refractivity contribution in [3.8, 4) is 0 Å². The van der Waals surface area contributed by atoms with Gasteiger partial charge < -0.3 is 14.7 Å². The summed E-state index contributed by atoms with van der Waals surface area (Å²) in [5, 5.41) is 0. The summed E-state index contributed by atoms with van der Waals surface area (Å²) in [6.45, 7) is 3.07. The molecule has 0 unspecified atom stereocenters. The Morgan fingerprint density at radius 2 is 1.62 bits per heavy atom. The van der Waals surface area contributed by atoms with Gasteiger partial charge in [0.1, 0.15) is 0 Å². The largest absolute Gasteiger partial charge is 0.336 e. The first-order chi connectivity index (χ1) is 12.6. The second-order valence-electron chi connectivity index (χ2n) is 7.50. The first-order valence-electron chi connectivity index (χ1n) is 9.42. The van der Waals surface area contributed by atoms with Crippen molar-refractivity contribution < 1.29 is 14.4 Å². The average molecular weight is 356 g/mol. The van der Waals surface area contributed by atoms with Gasteiger partial charge in [-0.25, -0.2) is 0 Å². The number of amides is 3. The zero-order chi connectivity index (χ0) is 18.1. The molecule has 138 valence electrons. The number of nitrogens with zero attached hydrogens (tertiary/aromatic N) is 4. The number of fused-ring (bicyclic) bond motifs is 4. The number of piperidine rings is 1. The summed E-state index contributed by atoms with van der Waals surface area (Å²) in [6, 6.07) is 3.36. The molecule has 1 aromatic rings. The molecular weight excluding hydrogens is 332 g/mol. The van der Waals surface area contributed by atoms with E-state index in [4.69, 9.17) is 0 Å². The van der Waals surface area contributed by atoms with Crippen LogP contribution in [0.3, 0.4) is 0 Å². The molecule has 2 bridgehead atoms. The summed E-state index contributed by atoms with van der Waals surface area (Å²) in [4.78, 5) is 47.3. The molecule has 26 heavy (non-hydrogen) atoms. The normalized spacial score (nSPS) is 25.3. The molecular formula is C19H24N4O3. The second-order valence-corrected chi connectivity index (χ2v) is 7.50. The van der Waals surface area contributed by atoms with E-state index in [1.54, 1.807) is 34.3 Å². The lowest BCUT2D eigenvalue weighted by atomic mass is 9.95. The first-order valence-corrected chi connectivity index (χ1v) is 9.42. The summed E-state index contributed by atoms with van der Waals surface area (Å²) < 4.78 is 0. The summed E-state index contributed by atoms with van der Waals surface area (Å²) in [7, 11) is 0. The van der Waals surface area contributed by atoms with Crippen LogP contribution in [0.4, 0.5) is 0 Å². The molecule has 4 saturated heterocycles. The lowest BCUT2D eigenvalue weighted by Gasteiger charge is -2.36. The van der Waals surface area contributed by atoms with Gasteiger partial charge in [0.15, 0.2) is 0 Å². The van der Waals surface area contributed by atoms with E-state index in [-0.39, 0.29) is 29.7 Å². The van der Waals surface area contributed by atoms with E-state index in [9.17, 15) is 14.4 Å². The fourth-order valence-corrected chi connectivity index (χ4v) is 4.35. The minimum Gasteiger partial charge on any atom is -0.336 e. The molecule has 0 radical (unpaired) electrons. The number of hydrogen-bond acceptors (Lipinski definition) is 4. The van der Waals surface area contributed by atoms with Crippen LogP contribution in [0, 0.1) is 5.92 Å². The van der Waals surface area contributed by atoms with Crippen molar-refractivity contribution in [3.05, 3.63) is 30.1 Å². The topological polar surface area (TPSA) is 73.8 Å². The van der Waals surface area contributed by atoms with Crippen LogP contribution in [-0.4, -0.2) is 76.2 Å². The fourth-order valence-electron chi connectivity index (χ4n) is 4.35. The Balaban J connectivity index is 1.49. The summed E-state index contributed by atoms with van der Waals surface area (Å²) >= 11 is 0. The predicted molar refractivity (Wildman–Crippen MR) is 94.2 cm³/mol. The van der Waals surface area contributed by atoms with E-state index >= 15 is 0 Å². The maximum Gasteiger partial charge on any atom is 0.312 e. The highest BCUT2D eigenvalue weighted by Gasteiger charge is 2.41. The molecule has 0 aliphatic carbocycles. The molecule has 5 rings (SSSR count). The molecule has 5 heterocycles. The van der Waals surface area contributed by atoms with Crippen molar-refractivity contribution in [2.45, 2.75) is 31.7 Å². The molecule has 4 aliphatic rings. The van der Waals surface area contributed by atoms with E-state index in [2.05, 4.69) is 4.98 Å². The molecule has 0 N–H and O–H groups in total. The van der Waals surface area contributed by atoms with Crippen molar-refractivity contribution >= 4 is 17.7 Å². The molecule has 7 nitrogen and oxygen atoms in total. The molecule has 2 atom stereocenters. The summed E-state index contributed by atoms with van der Waals surface area (Å²) in [5.41, 5.74) is 0.618. The number of hydrogen-bond donors (Lipinski definition) is 0. The smallest absolute Gasteiger partial charge is 0.312 e. The minimum absolute atomic E-state index is 0.0236. The van der Waals surface area contributed by atoms with Gasteiger partial charge >= 0.3 is 11.8 Å². The van der Waals surface area contributed by atoms with Crippen molar-refractivity contribution in [3.63, 3.8) is 0 Å². The standard InChI is InChI=1S/C19H24N4O3/c24-17(15-5-7-20-8-6-15)22-11-14-3-4-16(13-22)23(12-14)19(26)18(25)21-9-1-2-10-21/h5-8,14,16H,1-4,9-13H2/t14-,16+/m1/s1. The number of carbonyl (C=O) groups is 3. The lowest BCUT2D eigenvalue weighted by molar-refractivity contribution is -0.153. The van der Waals surface area contributed by atoms with E-state index in [0.717, 1.165) is 25.7 Å². The van der Waals surface area contributed by atoms with Gasteiger partial charge in [0.25, 0.3) is 5.91 Å². The Hall–Kier alpha value is -2.44. The van der Waals surface area contributed by atoms with Crippen LogP contribution in [0.2, 0.25) is 0 Å². The van der Waals surface area contributed by atoms with Crippen LogP contribution in [0.5, 0.6) is 0 Å². The third kappa shape index (κ3) is 3.18. The van der Waals surface area contributed by atoms with Crippen LogP contribution in [0.15, 0.2) is 24.5 Å². The molecule has 3 amide bonds. The van der Waals surface area contributed by atoms with Crippen LogP contribution in [-0.2, 0) is 9.59 Å². The zero-order valence-corrected chi connectivity index (χ0v) is 14.8. The number of likely N-dealkylation sites (tertiary alicyclic amines) is 1. The molecule has 0 aromatic carbocycles. The highest BCUT2D eigenvalue weighted by molar-refractivity contribution is 6.35. The molecule has 0 spiro atoms. The van der Waals surface area contributed by atoms with Crippen LogP contribution in [0.25, 0.3) is 0 Å². The molecule has 0 saturated carbocycles. The van der Waals surface area contributed by atoms with Gasteiger partial charge in [-0.05, 0) is 43.7 Å². The molecule has 4 fully saturated rings. The van der Waals surface area contributed by atoms with Gasteiger partial charge in [-0.15, -0.1) is 0 Å². The molecule has 7 heteroatoms. The first kappa shape index (κ1) is 17.0. The van der Waals surface area contributed by atoms with Gasteiger partial charge in [0.05, 0.1) is 0 Å². The van der Waals surface area contributed by atoms with Gasteiger partial charge in [-0.2, -0.15) is 0 Å². The van der Waals surface area contributed by atoms with Gasteiger partial charge in [0.2, 0.25) is 0 Å². The van der Waals surface area contributed by atoms with Gasteiger partial charge in [0, 0.05) is 56.7 Å². The van der Waals surface area contributed by atoms with Crippen molar-refractivity contribution in [1.82, 2.24) is 19.7 Å². The van der Waals surface area contributed by atoms with Crippen LogP contribution < -0.4 is 0 Å². The van der Waals surface area contributed by atoms with Crippen LogP contribution >= 0.6 is 0 Å². The quantitative estimate of drug-likeness (QED) is 0.697. The van der Waals surface area contributed by atoms with E-state index in [0.29, 0.717) is 38.3 Å². The lowest BCUT2D eigenvalue weighted by Crippen LogP contribution is -2.53. The number of rotatable bonds is 1. The number of pyridine rings is 1. The second kappa shape index (κ2) is 7.05. The molecule has 4 aliphatic heterocycles. The predicted octanol–water partition coefficient (Wildman–Crippen LogP) is 0.767. The summed E-state index contributed by atoms with van der Waals surface area (Å²) in [5.74, 6) is -0.554. The van der Waals surface area contributed by atoms with Crippen LogP contribution in [0.1, 0.15) is 36.0 Å². The highest BCUT2D eigenvalue weighted by Crippen LogP contribution is 2.29. The van der Waals surface area contributed by atoms with Gasteiger partial charge in [-0.1, -0.05) is 0 Å². The van der Waals surface area contributed by atoms with E-state index in [1.165, 1.54) is 0 Å². The monoisotopic (exact) mass is 356 g/mol. The fraction of sp³-hybridized carbons (Fsp3) is 0.579. The van der Waals surface area contributed by atoms with Gasteiger partial charge in [-0.3, -0.25) is 19.4 Å². The zero-order valence-electron chi connectivity index (χ0n) is 14.8. The van der Waals surface area contributed by atoms with E-state index in [1.807, 2.05) is 4.90 Å².